The van der Waals surface area contributed by atoms with Crippen molar-refractivity contribution in [3.63, 3.8) is 0 Å². The lowest BCUT2D eigenvalue weighted by Gasteiger charge is -2.43. The minimum absolute atomic E-state index is 0.0806. The van der Waals surface area contributed by atoms with Crippen LogP contribution in [0.3, 0.4) is 0 Å². The molecule has 12 aromatic rings. The van der Waals surface area contributed by atoms with Gasteiger partial charge in [-0.1, -0.05) is 121 Å². The Morgan fingerprint density at radius 3 is 1.38 bits per heavy atom. The SMILES string of the molecule is c1ccc(N2c3cccc4c3B(c3c2cc(-c2ccc(-c5cccc(N6c7ccsc7B7c8c6cccc8N(c6ccccc6)c6cccn67)c5)cc2)n3-c2ccccc2)n2cccc2N4c2ccccc2)cc1. The van der Waals surface area contributed by atoms with Crippen LogP contribution in [0.4, 0.5) is 68.5 Å². The Morgan fingerprint density at radius 2 is 0.784 bits per heavy atom. The number of benzene rings is 8. The second-order valence-electron chi connectivity index (χ2n) is 19.4. The van der Waals surface area contributed by atoms with Crippen LogP contribution in [0.1, 0.15) is 0 Å². The molecule has 8 aromatic carbocycles. The van der Waals surface area contributed by atoms with E-state index in [1.54, 1.807) is 0 Å². The smallest absolute Gasteiger partial charge is 0.353 e. The maximum Gasteiger partial charge on any atom is 0.353 e. The first-order chi connectivity index (χ1) is 36.8. The van der Waals surface area contributed by atoms with Crippen LogP contribution < -0.4 is 40.9 Å². The third-order valence-electron chi connectivity index (χ3n) is 15.5. The van der Waals surface area contributed by atoms with E-state index in [4.69, 9.17) is 0 Å². The van der Waals surface area contributed by atoms with Crippen molar-refractivity contribution in [3.05, 3.63) is 260 Å². The number of nitrogens with zero attached hydrogens (tertiary/aromatic N) is 7. The monoisotopic (exact) mass is 963 g/mol. The number of rotatable bonds is 7. The van der Waals surface area contributed by atoms with Crippen LogP contribution in [-0.2, 0) is 0 Å². The molecule has 0 fully saturated rings. The fraction of sp³-hybridized carbons (Fsp3) is 0. The zero-order valence-corrected chi connectivity index (χ0v) is 40.8. The molecule has 7 nitrogen and oxygen atoms in total. The van der Waals surface area contributed by atoms with Gasteiger partial charge in [-0.05, 0) is 167 Å². The molecule has 0 radical (unpaired) electrons. The van der Waals surface area contributed by atoms with E-state index >= 15 is 0 Å². The quantitative estimate of drug-likeness (QED) is 0.149. The molecule has 0 aliphatic carbocycles. The van der Waals surface area contributed by atoms with Crippen molar-refractivity contribution in [3.8, 4) is 28.1 Å². The Balaban J connectivity index is 0.833. The van der Waals surface area contributed by atoms with Crippen LogP contribution in [0.25, 0.3) is 28.1 Å². The fourth-order valence-corrected chi connectivity index (χ4v) is 13.5. The van der Waals surface area contributed by atoms with E-state index in [9.17, 15) is 0 Å². The number of fused-ring (bicyclic) bond motifs is 8. The summed E-state index contributed by atoms with van der Waals surface area (Å²) in [6.07, 6.45) is 4.50. The lowest BCUT2D eigenvalue weighted by molar-refractivity contribution is 1.07. The molecule has 0 saturated carbocycles. The van der Waals surface area contributed by atoms with E-state index in [1.165, 1.54) is 55.6 Å². The Hall–Kier alpha value is -9.37. The first-order valence-corrected chi connectivity index (χ1v) is 26.2. The van der Waals surface area contributed by atoms with E-state index in [1.807, 2.05) is 11.3 Å². The third kappa shape index (κ3) is 5.91. The van der Waals surface area contributed by atoms with Gasteiger partial charge in [-0.25, -0.2) is 0 Å². The average Bonchev–Trinajstić information content (AvgIpc) is 4.35. The van der Waals surface area contributed by atoms with Crippen molar-refractivity contribution in [2.24, 2.45) is 0 Å². The lowest BCUT2D eigenvalue weighted by Crippen LogP contribution is -2.60. The summed E-state index contributed by atoms with van der Waals surface area (Å²) in [5.41, 5.74) is 21.2. The molecule has 4 aliphatic rings. The van der Waals surface area contributed by atoms with E-state index in [2.05, 4.69) is 294 Å². The minimum Gasteiger partial charge on any atom is -0.368 e. The van der Waals surface area contributed by atoms with Crippen molar-refractivity contribution in [2.45, 2.75) is 0 Å². The molecule has 0 saturated heterocycles. The van der Waals surface area contributed by atoms with Gasteiger partial charge in [0.2, 0.25) is 0 Å². The predicted octanol–water partition coefficient (Wildman–Crippen LogP) is 13.9. The third-order valence-corrected chi connectivity index (χ3v) is 16.5. The summed E-state index contributed by atoms with van der Waals surface area (Å²) in [5.74, 6) is 2.31. The number of para-hydroxylation sites is 4. The fourth-order valence-electron chi connectivity index (χ4n) is 12.5. The number of aromatic nitrogens is 3. The van der Waals surface area contributed by atoms with Crippen molar-refractivity contribution >= 4 is 115 Å². The highest BCUT2D eigenvalue weighted by atomic mass is 32.1. The maximum absolute atomic E-state index is 2.52. The molecule has 8 heterocycles. The highest BCUT2D eigenvalue weighted by Gasteiger charge is 2.47. The van der Waals surface area contributed by atoms with Gasteiger partial charge in [-0.3, -0.25) is 9.80 Å². The van der Waals surface area contributed by atoms with E-state index in [0.29, 0.717) is 0 Å². The molecule has 0 unspecified atom stereocenters. The molecular weight excluding hydrogens is 920 g/mol. The van der Waals surface area contributed by atoms with Gasteiger partial charge in [-0.15, -0.1) is 0 Å². The van der Waals surface area contributed by atoms with Crippen LogP contribution >= 0.6 is 11.3 Å². The molecular formula is C64H43B2N7S. The summed E-state index contributed by atoms with van der Waals surface area (Å²) in [4.78, 5) is 9.79. The van der Waals surface area contributed by atoms with Crippen LogP contribution in [0.2, 0.25) is 0 Å². The Kier molecular flexibility index (Phi) is 8.96. The lowest BCUT2D eigenvalue weighted by atomic mass is 9.48. The molecule has 74 heavy (non-hydrogen) atoms. The Morgan fingerprint density at radius 1 is 0.311 bits per heavy atom. The van der Waals surface area contributed by atoms with Crippen molar-refractivity contribution < 1.29 is 0 Å². The molecule has 0 amide bonds. The maximum atomic E-state index is 2.52. The summed E-state index contributed by atoms with van der Waals surface area (Å²) in [5, 5.41) is 2.25. The van der Waals surface area contributed by atoms with Crippen molar-refractivity contribution in [2.75, 3.05) is 19.6 Å². The van der Waals surface area contributed by atoms with Crippen LogP contribution in [0, 0.1) is 0 Å². The molecule has 10 heteroatoms. The zero-order valence-electron chi connectivity index (χ0n) is 40.0. The Bertz CT molecular complexity index is 4130. The summed E-state index contributed by atoms with van der Waals surface area (Å²) in [7, 11) is 0. The summed E-state index contributed by atoms with van der Waals surface area (Å²) >= 11 is 1.84. The highest BCUT2D eigenvalue weighted by molar-refractivity contribution is 7.25. The molecule has 4 aliphatic heterocycles. The van der Waals surface area contributed by atoms with Crippen LogP contribution in [0.15, 0.2) is 260 Å². The topological polar surface area (TPSA) is 27.8 Å². The second-order valence-corrected chi connectivity index (χ2v) is 20.3. The molecule has 0 spiro atoms. The average molecular weight is 964 g/mol. The number of hydrogen-bond donors (Lipinski definition) is 0. The van der Waals surface area contributed by atoms with E-state index in [-0.39, 0.29) is 13.7 Å². The van der Waals surface area contributed by atoms with Crippen LogP contribution in [-0.4, -0.2) is 27.2 Å². The predicted molar refractivity (Wildman–Crippen MR) is 310 cm³/mol. The summed E-state index contributed by atoms with van der Waals surface area (Å²) < 4.78 is 8.79. The van der Waals surface area contributed by atoms with Crippen molar-refractivity contribution in [1.29, 1.82) is 0 Å². The molecule has 4 aromatic heterocycles. The van der Waals surface area contributed by atoms with Gasteiger partial charge in [0, 0.05) is 61.6 Å². The van der Waals surface area contributed by atoms with Gasteiger partial charge >= 0.3 is 13.7 Å². The van der Waals surface area contributed by atoms with E-state index < -0.39 is 0 Å². The molecule has 346 valence electrons. The number of anilines is 12. The molecule has 0 N–H and O–H groups in total. The molecule has 0 atom stereocenters. The minimum atomic E-state index is -0.104. The highest BCUT2D eigenvalue weighted by Crippen LogP contribution is 2.49. The first-order valence-electron chi connectivity index (χ1n) is 25.3. The van der Waals surface area contributed by atoms with Gasteiger partial charge in [-0.2, -0.15) is 11.3 Å². The van der Waals surface area contributed by atoms with Gasteiger partial charge in [0.25, 0.3) is 0 Å². The van der Waals surface area contributed by atoms with Gasteiger partial charge in [0.1, 0.15) is 11.6 Å². The molecule has 16 rings (SSSR count). The number of hydrogen-bond acceptors (Lipinski definition) is 5. The summed E-state index contributed by atoms with van der Waals surface area (Å²) in [6.45, 7) is -0.0232. The van der Waals surface area contributed by atoms with Gasteiger partial charge < -0.3 is 23.3 Å². The normalized spacial score (nSPS) is 13.5. The largest absolute Gasteiger partial charge is 0.368 e. The molecule has 0 bridgehead atoms. The van der Waals surface area contributed by atoms with Gasteiger partial charge in [0.05, 0.1) is 17.1 Å². The number of thiophene rings is 1. The van der Waals surface area contributed by atoms with Crippen LogP contribution in [0.5, 0.6) is 0 Å². The Labute approximate surface area is 434 Å². The second kappa shape index (κ2) is 16.1. The van der Waals surface area contributed by atoms with Gasteiger partial charge in [0.15, 0.2) is 0 Å². The standard InChI is InChI=1S/C64H43B2N7S/c1-5-19-47(20-6-1)69-52-28-14-30-54-61(52)65(67-39-16-32-59(67)71(54)48-21-7-2-8-22-48)63-58(69)43-57(73(63)50-25-11-4-12-26-50)45-36-34-44(35-37-45)46-18-13-27-51(42-46)70-53-29-15-31-55-62(53)66(64-56(70)38-41-74-64)68-40-17-33-60(68)72(55)49-23-9-3-10-24-49/h1-43H. The van der Waals surface area contributed by atoms with Crippen molar-refractivity contribution in [1.82, 2.24) is 13.5 Å². The van der Waals surface area contributed by atoms with E-state index in [0.717, 1.165) is 62.3 Å². The first kappa shape index (κ1) is 41.3. The zero-order chi connectivity index (χ0) is 48.4. The summed E-state index contributed by atoms with van der Waals surface area (Å²) in [6, 6.07) is 88.8.